The van der Waals surface area contributed by atoms with Gasteiger partial charge in [-0.15, -0.1) is 0 Å². The maximum absolute atomic E-state index is 9.35. The van der Waals surface area contributed by atoms with Crippen molar-refractivity contribution < 1.29 is 5.11 Å². The predicted octanol–water partition coefficient (Wildman–Crippen LogP) is 0.869. The lowest BCUT2D eigenvalue weighted by Gasteiger charge is -2.35. The van der Waals surface area contributed by atoms with E-state index in [1.165, 1.54) is 6.42 Å². The van der Waals surface area contributed by atoms with E-state index in [4.69, 9.17) is 0 Å². The number of nitrogens with one attached hydrogen (secondary N) is 1. The Morgan fingerprint density at radius 1 is 1.50 bits per heavy atom. The van der Waals surface area contributed by atoms with Gasteiger partial charge in [0, 0.05) is 19.7 Å². The number of aliphatic hydroxyl groups is 1. The molecule has 2 heterocycles. The molecule has 0 amide bonds. The molecule has 1 aromatic heterocycles. The van der Waals surface area contributed by atoms with E-state index in [9.17, 15) is 5.11 Å². The summed E-state index contributed by atoms with van der Waals surface area (Å²) in [6.45, 7) is 1.16. The highest BCUT2D eigenvalue weighted by Crippen LogP contribution is 2.23. The summed E-state index contributed by atoms with van der Waals surface area (Å²) in [5.74, 6) is 1.71. The van der Waals surface area contributed by atoms with Gasteiger partial charge in [0.25, 0.3) is 0 Å². The Hall–Kier alpha value is -1.36. The Morgan fingerprint density at radius 2 is 2.38 bits per heavy atom. The van der Waals surface area contributed by atoms with Crippen LogP contribution in [0.1, 0.15) is 19.3 Å². The number of nitrogens with zero attached hydrogens (tertiary/aromatic N) is 3. The Morgan fingerprint density at radius 3 is 3.12 bits per heavy atom. The second-order valence-electron chi connectivity index (χ2n) is 4.04. The van der Waals surface area contributed by atoms with Gasteiger partial charge in [-0.25, -0.2) is 9.97 Å². The van der Waals surface area contributed by atoms with Crippen LogP contribution in [-0.2, 0) is 0 Å². The standard InChI is InChI=1S/C11H18N4O/c1-12-10-6-11(14-8-13-10)15-5-3-2-4-9(15)7-16/h6,8-9,16H,2-5,7H2,1H3,(H,12,13,14). The fraction of sp³-hybridized carbons (Fsp3) is 0.636. The van der Waals surface area contributed by atoms with Crippen LogP contribution in [0.25, 0.3) is 0 Å². The smallest absolute Gasteiger partial charge is 0.134 e. The third kappa shape index (κ3) is 2.24. The Bertz CT molecular complexity index is 345. The van der Waals surface area contributed by atoms with Crippen molar-refractivity contribution in [1.29, 1.82) is 0 Å². The van der Waals surface area contributed by atoms with E-state index in [1.807, 2.05) is 13.1 Å². The molecule has 16 heavy (non-hydrogen) atoms. The topological polar surface area (TPSA) is 61.3 Å². The Balaban J connectivity index is 2.20. The van der Waals surface area contributed by atoms with E-state index in [0.717, 1.165) is 31.0 Å². The van der Waals surface area contributed by atoms with Crippen LogP contribution in [0.3, 0.4) is 0 Å². The molecular weight excluding hydrogens is 204 g/mol. The minimum absolute atomic E-state index is 0.193. The van der Waals surface area contributed by atoms with Crippen LogP contribution in [0.4, 0.5) is 11.6 Å². The molecule has 2 rings (SSSR count). The van der Waals surface area contributed by atoms with E-state index in [-0.39, 0.29) is 12.6 Å². The molecule has 0 spiro atoms. The lowest BCUT2D eigenvalue weighted by molar-refractivity contribution is 0.239. The van der Waals surface area contributed by atoms with Gasteiger partial charge in [0.1, 0.15) is 18.0 Å². The second kappa shape index (κ2) is 5.12. The average molecular weight is 222 g/mol. The third-order valence-electron chi connectivity index (χ3n) is 3.04. The van der Waals surface area contributed by atoms with Gasteiger partial charge in [0.2, 0.25) is 0 Å². The molecule has 1 fully saturated rings. The Kier molecular flexibility index (Phi) is 3.56. The minimum Gasteiger partial charge on any atom is -0.394 e. The first-order valence-corrected chi connectivity index (χ1v) is 5.72. The predicted molar refractivity (Wildman–Crippen MR) is 63.6 cm³/mol. The summed E-state index contributed by atoms with van der Waals surface area (Å²) in [4.78, 5) is 10.5. The molecule has 5 heteroatoms. The quantitative estimate of drug-likeness (QED) is 0.794. The zero-order valence-electron chi connectivity index (χ0n) is 9.56. The van der Waals surface area contributed by atoms with Crippen molar-refractivity contribution in [3.05, 3.63) is 12.4 Å². The highest BCUT2D eigenvalue weighted by molar-refractivity contribution is 5.49. The fourth-order valence-corrected chi connectivity index (χ4v) is 2.13. The molecule has 2 N–H and O–H groups in total. The molecule has 88 valence electrons. The van der Waals surface area contributed by atoms with Crippen LogP contribution < -0.4 is 10.2 Å². The molecule has 1 saturated heterocycles. The number of rotatable bonds is 3. The number of hydrogen-bond acceptors (Lipinski definition) is 5. The van der Waals surface area contributed by atoms with Gasteiger partial charge in [-0.2, -0.15) is 0 Å². The normalized spacial score (nSPS) is 20.9. The number of piperidine rings is 1. The lowest BCUT2D eigenvalue weighted by Crippen LogP contribution is -2.42. The summed E-state index contributed by atoms with van der Waals surface area (Å²) in [7, 11) is 1.84. The second-order valence-corrected chi connectivity index (χ2v) is 4.04. The highest BCUT2D eigenvalue weighted by atomic mass is 16.3. The van der Waals surface area contributed by atoms with Crippen molar-refractivity contribution in [3.63, 3.8) is 0 Å². The van der Waals surface area contributed by atoms with Crippen LogP contribution in [0, 0.1) is 0 Å². The van der Waals surface area contributed by atoms with Crippen LogP contribution in [0.15, 0.2) is 12.4 Å². The van der Waals surface area contributed by atoms with E-state index in [2.05, 4.69) is 20.2 Å². The summed E-state index contributed by atoms with van der Waals surface area (Å²) in [6.07, 6.45) is 4.95. The summed E-state index contributed by atoms with van der Waals surface area (Å²) in [5, 5.41) is 12.3. The number of hydrogen-bond donors (Lipinski definition) is 2. The van der Waals surface area contributed by atoms with Gasteiger partial charge in [-0.05, 0) is 19.3 Å². The zero-order valence-corrected chi connectivity index (χ0v) is 9.56. The van der Waals surface area contributed by atoms with E-state index in [1.54, 1.807) is 6.33 Å². The summed E-state index contributed by atoms with van der Waals surface area (Å²) in [6, 6.07) is 2.13. The molecular formula is C11H18N4O. The molecule has 0 saturated carbocycles. The monoisotopic (exact) mass is 222 g/mol. The zero-order chi connectivity index (χ0) is 11.4. The molecule has 5 nitrogen and oxygen atoms in total. The number of aromatic nitrogens is 2. The van der Waals surface area contributed by atoms with Gasteiger partial charge in [0.15, 0.2) is 0 Å². The molecule has 1 atom stereocenters. The number of aliphatic hydroxyl groups excluding tert-OH is 1. The molecule has 1 unspecified atom stereocenters. The van der Waals surface area contributed by atoms with Crippen LogP contribution in [-0.4, -0.2) is 41.3 Å². The van der Waals surface area contributed by atoms with Crippen molar-refractivity contribution >= 4 is 11.6 Å². The van der Waals surface area contributed by atoms with E-state index in [0.29, 0.717) is 0 Å². The SMILES string of the molecule is CNc1cc(N2CCCCC2CO)ncn1. The van der Waals surface area contributed by atoms with Crippen molar-refractivity contribution in [2.45, 2.75) is 25.3 Å². The van der Waals surface area contributed by atoms with E-state index < -0.39 is 0 Å². The highest BCUT2D eigenvalue weighted by Gasteiger charge is 2.22. The summed E-state index contributed by atoms with van der Waals surface area (Å²) < 4.78 is 0. The lowest BCUT2D eigenvalue weighted by atomic mass is 10.0. The molecule has 0 aliphatic carbocycles. The maximum Gasteiger partial charge on any atom is 0.134 e. The van der Waals surface area contributed by atoms with Gasteiger partial charge in [0.05, 0.1) is 12.6 Å². The molecule has 1 aliphatic rings. The average Bonchev–Trinajstić information content (AvgIpc) is 2.38. The van der Waals surface area contributed by atoms with Crippen molar-refractivity contribution in [2.24, 2.45) is 0 Å². The van der Waals surface area contributed by atoms with Crippen LogP contribution >= 0.6 is 0 Å². The first-order chi connectivity index (χ1) is 7.85. The maximum atomic E-state index is 9.35. The molecule has 1 aliphatic heterocycles. The number of anilines is 2. The van der Waals surface area contributed by atoms with Gasteiger partial charge in [-0.3, -0.25) is 0 Å². The van der Waals surface area contributed by atoms with E-state index >= 15 is 0 Å². The van der Waals surface area contributed by atoms with Crippen molar-refractivity contribution in [2.75, 3.05) is 30.4 Å². The van der Waals surface area contributed by atoms with Gasteiger partial charge >= 0.3 is 0 Å². The molecule has 1 aromatic rings. The van der Waals surface area contributed by atoms with Crippen LogP contribution in [0.5, 0.6) is 0 Å². The summed E-state index contributed by atoms with van der Waals surface area (Å²) in [5.41, 5.74) is 0. The summed E-state index contributed by atoms with van der Waals surface area (Å²) >= 11 is 0. The Labute approximate surface area is 95.5 Å². The fourth-order valence-electron chi connectivity index (χ4n) is 2.13. The van der Waals surface area contributed by atoms with Crippen LogP contribution in [0.2, 0.25) is 0 Å². The molecule has 0 bridgehead atoms. The minimum atomic E-state index is 0.193. The largest absolute Gasteiger partial charge is 0.394 e. The third-order valence-corrected chi connectivity index (χ3v) is 3.04. The van der Waals surface area contributed by atoms with Gasteiger partial charge < -0.3 is 15.3 Å². The molecule has 0 aromatic carbocycles. The van der Waals surface area contributed by atoms with Crippen molar-refractivity contribution in [3.8, 4) is 0 Å². The van der Waals surface area contributed by atoms with Crippen molar-refractivity contribution in [1.82, 2.24) is 9.97 Å². The van der Waals surface area contributed by atoms with Gasteiger partial charge in [-0.1, -0.05) is 0 Å². The first kappa shape index (κ1) is 11.1. The first-order valence-electron chi connectivity index (χ1n) is 5.72. The molecule has 0 radical (unpaired) electrons.